The molecule has 31 heavy (non-hydrogen) atoms. The van der Waals surface area contributed by atoms with Crippen LogP contribution in [-0.2, 0) is 0 Å². The summed E-state index contributed by atoms with van der Waals surface area (Å²) in [6.45, 7) is 6.40. The molecule has 0 saturated carbocycles. The van der Waals surface area contributed by atoms with Crippen LogP contribution >= 0.6 is 0 Å². The minimum absolute atomic E-state index is 0.182. The van der Waals surface area contributed by atoms with Gasteiger partial charge in [-0.2, -0.15) is 0 Å². The van der Waals surface area contributed by atoms with Crippen molar-refractivity contribution in [2.24, 2.45) is 0 Å². The van der Waals surface area contributed by atoms with Crippen molar-refractivity contribution in [2.75, 3.05) is 5.32 Å². The van der Waals surface area contributed by atoms with E-state index in [1.54, 1.807) is 12.1 Å². The lowest BCUT2D eigenvalue weighted by atomic mass is 10.1. The fraction of sp³-hybridized carbons (Fsp3) is 0.154. The van der Waals surface area contributed by atoms with Crippen LogP contribution in [0.1, 0.15) is 20.8 Å². The maximum Gasteiger partial charge on any atom is 0.166 e. The number of aromatic hydroxyl groups is 1. The van der Waals surface area contributed by atoms with Crippen molar-refractivity contribution >= 4 is 22.5 Å². The Hall–Kier alpha value is -3.86. The van der Waals surface area contributed by atoms with Gasteiger partial charge in [0.2, 0.25) is 0 Å². The van der Waals surface area contributed by atoms with Crippen LogP contribution in [0.2, 0.25) is 0 Å². The first-order valence-corrected chi connectivity index (χ1v) is 10.3. The number of nitrogens with one attached hydrogen (secondary N) is 1. The number of hydrogen-bond donors (Lipinski definition) is 2. The van der Waals surface area contributed by atoms with Gasteiger partial charge in [0.1, 0.15) is 23.0 Å². The van der Waals surface area contributed by atoms with Crippen molar-refractivity contribution in [3.8, 4) is 28.3 Å². The number of aromatic nitrogens is 3. The Balaban J connectivity index is 1.92. The van der Waals surface area contributed by atoms with E-state index < -0.39 is 0 Å². The summed E-state index contributed by atoms with van der Waals surface area (Å²) in [5.41, 5.74) is 6.10. The molecule has 2 aromatic heterocycles. The van der Waals surface area contributed by atoms with Gasteiger partial charge in [-0.15, -0.1) is 0 Å². The molecular weight excluding hydrogens is 384 g/mol. The largest absolute Gasteiger partial charge is 0.508 e. The number of hydrogen-bond acceptors (Lipinski definition) is 4. The SMILES string of the molecule is CC(C)(C)Nc1c(-c2ccc(O)cc2)nc2c(-c3ccccc3)nc3ccccc3n12. The lowest BCUT2D eigenvalue weighted by Gasteiger charge is -2.23. The first-order valence-electron chi connectivity index (χ1n) is 10.3. The summed E-state index contributed by atoms with van der Waals surface area (Å²) in [6.07, 6.45) is 0. The molecule has 0 aliphatic heterocycles. The quantitative estimate of drug-likeness (QED) is 0.377. The number of rotatable bonds is 3. The molecule has 0 fully saturated rings. The first-order chi connectivity index (χ1) is 14.9. The number of fused-ring (bicyclic) bond motifs is 3. The van der Waals surface area contributed by atoms with Gasteiger partial charge in [0.05, 0.1) is 11.0 Å². The highest BCUT2D eigenvalue weighted by molar-refractivity contribution is 5.91. The molecule has 2 N–H and O–H groups in total. The molecule has 0 saturated heterocycles. The van der Waals surface area contributed by atoms with Crippen molar-refractivity contribution in [3.63, 3.8) is 0 Å². The predicted molar refractivity (Wildman–Crippen MR) is 126 cm³/mol. The van der Waals surface area contributed by atoms with Crippen molar-refractivity contribution < 1.29 is 5.11 Å². The van der Waals surface area contributed by atoms with Gasteiger partial charge in [-0.1, -0.05) is 42.5 Å². The highest BCUT2D eigenvalue weighted by Gasteiger charge is 2.23. The average molecular weight is 409 g/mol. The van der Waals surface area contributed by atoms with Crippen LogP contribution in [0, 0.1) is 0 Å². The van der Waals surface area contributed by atoms with E-state index in [9.17, 15) is 5.11 Å². The van der Waals surface area contributed by atoms with Crippen molar-refractivity contribution in [1.82, 2.24) is 14.4 Å². The topological polar surface area (TPSA) is 62.5 Å². The monoisotopic (exact) mass is 408 g/mol. The van der Waals surface area contributed by atoms with Crippen LogP contribution in [0.25, 0.3) is 39.2 Å². The second kappa shape index (κ2) is 7.13. The molecule has 154 valence electrons. The van der Waals surface area contributed by atoms with Gasteiger partial charge in [0.15, 0.2) is 5.65 Å². The third kappa shape index (κ3) is 3.48. The zero-order chi connectivity index (χ0) is 21.6. The van der Waals surface area contributed by atoms with Gasteiger partial charge in [-0.25, -0.2) is 9.97 Å². The molecule has 0 bridgehead atoms. The molecule has 0 atom stereocenters. The van der Waals surface area contributed by atoms with Gasteiger partial charge >= 0.3 is 0 Å². The average Bonchev–Trinajstić information content (AvgIpc) is 3.12. The van der Waals surface area contributed by atoms with E-state index in [4.69, 9.17) is 9.97 Å². The Morgan fingerprint density at radius 1 is 0.742 bits per heavy atom. The molecule has 0 radical (unpaired) electrons. The predicted octanol–water partition coefficient (Wildman–Crippen LogP) is 6.13. The molecule has 0 aliphatic rings. The summed E-state index contributed by atoms with van der Waals surface area (Å²) in [7, 11) is 0. The Morgan fingerprint density at radius 2 is 1.39 bits per heavy atom. The normalized spacial score (nSPS) is 11.8. The summed E-state index contributed by atoms with van der Waals surface area (Å²) < 4.78 is 2.16. The minimum Gasteiger partial charge on any atom is -0.508 e. The molecule has 0 unspecified atom stereocenters. The highest BCUT2D eigenvalue weighted by atomic mass is 16.3. The third-order valence-electron chi connectivity index (χ3n) is 5.13. The molecule has 0 amide bonds. The van der Waals surface area contributed by atoms with Gasteiger partial charge in [-0.05, 0) is 57.2 Å². The third-order valence-corrected chi connectivity index (χ3v) is 5.13. The first kappa shape index (κ1) is 19.1. The van der Waals surface area contributed by atoms with Crippen LogP contribution in [0.3, 0.4) is 0 Å². The molecule has 0 spiro atoms. The fourth-order valence-corrected chi connectivity index (χ4v) is 3.81. The molecule has 0 aliphatic carbocycles. The number of para-hydroxylation sites is 2. The molecule has 3 aromatic carbocycles. The summed E-state index contributed by atoms with van der Waals surface area (Å²) in [5, 5.41) is 13.4. The number of phenols is 1. The molecule has 2 heterocycles. The second-order valence-electron chi connectivity index (χ2n) is 8.71. The number of nitrogens with zero attached hydrogens (tertiary/aromatic N) is 3. The van der Waals surface area contributed by atoms with Crippen molar-refractivity contribution in [3.05, 3.63) is 78.9 Å². The van der Waals surface area contributed by atoms with E-state index in [1.165, 1.54) is 0 Å². The van der Waals surface area contributed by atoms with Crippen LogP contribution in [0.15, 0.2) is 78.9 Å². The van der Waals surface area contributed by atoms with Crippen LogP contribution in [0.4, 0.5) is 5.82 Å². The second-order valence-corrected chi connectivity index (χ2v) is 8.71. The summed E-state index contributed by atoms with van der Waals surface area (Å²) in [4.78, 5) is 10.1. The zero-order valence-corrected chi connectivity index (χ0v) is 17.8. The molecule has 5 aromatic rings. The van der Waals surface area contributed by atoms with E-state index in [0.717, 1.165) is 45.0 Å². The van der Waals surface area contributed by atoms with Crippen LogP contribution in [0.5, 0.6) is 5.75 Å². The Morgan fingerprint density at radius 3 is 2.10 bits per heavy atom. The lowest BCUT2D eigenvalue weighted by Crippen LogP contribution is -2.27. The van der Waals surface area contributed by atoms with E-state index in [-0.39, 0.29) is 11.3 Å². The number of phenolic OH excluding ortho intramolecular Hbond substituents is 1. The summed E-state index contributed by atoms with van der Waals surface area (Å²) in [6, 6.07) is 25.4. The van der Waals surface area contributed by atoms with Crippen molar-refractivity contribution in [2.45, 2.75) is 26.3 Å². The maximum atomic E-state index is 9.78. The van der Waals surface area contributed by atoms with Crippen LogP contribution < -0.4 is 5.32 Å². The van der Waals surface area contributed by atoms with Gasteiger partial charge in [0, 0.05) is 16.7 Å². The molecule has 5 heteroatoms. The van der Waals surface area contributed by atoms with Crippen LogP contribution in [-0.4, -0.2) is 25.0 Å². The highest BCUT2D eigenvalue weighted by Crippen LogP contribution is 2.36. The smallest absolute Gasteiger partial charge is 0.166 e. The van der Waals surface area contributed by atoms with Crippen molar-refractivity contribution in [1.29, 1.82) is 0 Å². The van der Waals surface area contributed by atoms with E-state index >= 15 is 0 Å². The lowest BCUT2D eigenvalue weighted by molar-refractivity contribution is 0.475. The Labute approximate surface area is 181 Å². The van der Waals surface area contributed by atoms with Gasteiger partial charge in [0.25, 0.3) is 0 Å². The van der Waals surface area contributed by atoms with E-state index in [1.807, 2.05) is 48.5 Å². The number of imidazole rings is 1. The number of benzene rings is 3. The zero-order valence-electron chi connectivity index (χ0n) is 17.8. The molecular formula is C26H24N4O. The fourth-order valence-electron chi connectivity index (χ4n) is 3.81. The van der Waals surface area contributed by atoms with Gasteiger partial charge < -0.3 is 10.4 Å². The Kier molecular flexibility index (Phi) is 4.40. The standard InChI is InChI=1S/C26H24N4O/c1-26(2,3)29-25-23(18-13-15-19(31)16-14-18)28-24-22(17-9-5-4-6-10-17)27-20-11-7-8-12-21(20)30(24)25/h4-16,29,31H,1-3H3. The summed E-state index contributed by atoms with van der Waals surface area (Å²) >= 11 is 0. The van der Waals surface area contributed by atoms with E-state index in [2.05, 4.69) is 48.7 Å². The number of anilines is 1. The van der Waals surface area contributed by atoms with E-state index in [0.29, 0.717) is 0 Å². The van der Waals surface area contributed by atoms with Gasteiger partial charge in [-0.3, -0.25) is 4.40 Å². The Bertz CT molecular complexity index is 1380. The maximum absolute atomic E-state index is 9.78. The summed E-state index contributed by atoms with van der Waals surface area (Å²) in [5.74, 6) is 1.14. The minimum atomic E-state index is -0.182. The molecule has 5 rings (SSSR count). The molecule has 5 nitrogen and oxygen atoms in total.